The molecule has 0 radical (unpaired) electrons. The van der Waals surface area contributed by atoms with Crippen molar-refractivity contribution in [2.75, 3.05) is 5.32 Å². The van der Waals surface area contributed by atoms with E-state index in [2.05, 4.69) is 20.8 Å². The van der Waals surface area contributed by atoms with Crippen LogP contribution in [0.5, 0.6) is 0 Å². The average Bonchev–Trinajstić information content (AvgIpc) is 3.28. The molecule has 2 N–H and O–H groups in total. The van der Waals surface area contributed by atoms with Crippen LogP contribution >= 0.6 is 22.9 Å². The predicted octanol–water partition coefficient (Wildman–Crippen LogP) is 4.84. The van der Waals surface area contributed by atoms with Gasteiger partial charge in [-0.2, -0.15) is 0 Å². The third kappa shape index (κ3) is 5.57. The molecule has 1 heterocycles. The van der Waals surface area contributed by atoms with E-state index in [1.807, 2.05) is 48.5 Å². The van der Waals surface area contributed by atoms with Crippen LogP contribution in [-0.2, 0) is 11.2 Å². The molecule has 0 aliphatic heterocycles. The summed E-state index contributed by atoms with van der Waals surface area (Å²) in [4.78, 5) is 25.8. The molecule has 0 aliphatic carbocycles. The number of hydrogen-bond donors (Lipinski definition) is 2. The smallest absolute Gasteiger partial charge is 0.251 e. The minimum absolute atomic E-state index is 0.321. The van der Waals surface area contributed by atoms with Crippen molar-refractivity contribution in [3.05, 3.63) is 101 Å². The van der Waals surface area contributed by atoms with Gasteiger partial charge in [0, 0.05) is 22.6 Å². The normalized spacial score (nSPS) is 11.5. The van der Waals surface area contributed by atoms with Gasteiger partial charge >= 0.3 is 0 Å². The number of anilines is 1. The Kier molecular flexibility index (Phi) is 6.89. The molecule has 4 aromatic rings. The maximum absolute atomic E-state index is 13.1. The second kappa shape index (κ2) is 10.2. The lowest BCUT2D eigenvalue weighted by Gasteiger charge is -2.18. The number of benzene rings is 3. The van der Waals surface area contributed by atoms with Gasteiger partial charge in [0.2, 0.25) is 11.0 Å². The number of nitrogens with zero attached hydrogens (tertiary/aromatic N) is 2. The van der Waals surface area contributed by atoms with Gasteiger partial charge < -0.3 is 5.32 Å². The van der Waals surface area contributed by atoms with Crippen LogP contribution in [0, 0.1) is 0 Å². The molecule has 32 heavy (non-hydrogen) atoms. The van der Waals surface area contributed by atoms with Gasteiger partial charge in [0.25, 0.3) is 5.91 Å². The van der Waals surface area contributed by atoms with Crippen molar-refractivity contribution in [2.45, 2.75) is 12.5 Å². The number of amides is 2. The van der Waals surface area contributed by atoms with Crippen molar-refractivity contribution in [1.82, 2.24) is 15.5 Å². The maximum atomic E-state index is 13.1. The summed E-state index contributed by atoms with van der Waals surface area (Å²) in [5.41, 5.74) is 2.23. The minimum Gasteiger partial charge on any atom is -0.340 e. The Bertz CT molecular complexity index is 1210. The van der Waals surface area contributed by atoms with Crippen molar-refractivity contribution in [1.29, 1.82) is 0 Å². The summed E-state index contributed by atoms with van der Waals surface area (Å²) in [6, 6.07) is 24.8. The molecule has 1 unspecified atom stereocenters. The number of carbonyl (C=O) groups is 2. The highest BCUT2D eigenvalue weighted by Gasteiger charge is 2.23. The van der Waals surface area contributed by atoms with Gasteiger partial charge in [-0.05, 0) is 29.8 Å². The van der Waals surface area contributed by atoms with E-state index < -0.39 is 6.04 Å². The number of aromatic nitrogens is 2. The monoisotopic (exact) mass is 462 g/mol. The molecule has 0 aliphatic rings. The molecule has 0 saturated heterocycles. The van der Waals surface area contributed by atoms with Crippen LogP contribution in [-0.4, -0.2) is 28.1 Å². The Morgan fingerprint density at radius 3 is 2.34 bits per heavy atom. The van der Waals surface area contributed by atoms with E-state index in [1.165, 1.54) is 11.3 Å². The van der Waals surface area contributed by atoms with Gasteiger partial charge in [0.05, 0.1) is 0 Å². The van der Waals surface area contributed by atoms with Gasteiger partial charge in [0.15, 0.2) is 0 Å². The fourth-order valence-electron chi connectivity index (χ4n) is 3.09. The SMILES string of the molecule is O=C(NC(Cc1ccccc1)C(=O)Nc1nnc(-c2cccc(Cl)c2)s1)c1ccccc1. The second-order valence-electron chi connectivity index (χ2n) is 6.99. The Balaban J connectivity index is 1.51. The number of halogens is 1. The van der Waals surface area contributed by atoms with Gasteiger partial charge in [-0.1, -0.05) is 83.6 Å². The van der Waals surface area contributed by atoms with E-state index in [9.17, 15) is 9.59 Å². The van der Waals surface area contributed by atoms with Gasteiger partial charge in [-0.15, -0.1) is 10.2 Å². The first-order valence-electron chi connectivity index (χ1n) is 9.88. The molecule has 0 fully saturated rings. The van der Waals surface area contributed by atoms with Crippen molar-refractivity contribution in [3.63, 3.8) is 0 Å². The van der Waals surface area contributed by atoms with Gasteiger partial charge in [-0.3, -0.25) is 14.9 Å². The number of rotatable bonds is 7. The molecule has 160 valence electrons. The fraction of sp³-hybridized carbons (Fsp3) is 0.0833. The van der Waals surface area contributed by atoms with Crippen LogP contribution in [0.2, 0.25) is 5.02 Å². The Morgan fingerprint density at radius 1 is 0.906 bits per heavy atom. The molecule has 0 bridgehead atoms. The summed E-state index contributed by atoms with van der Waals surface area (Å²) in [7, 11) is 0. The van der Waals surface area contributed by atoms with E-state index in [0.717, 1.165) is 11.1 Å². The molecule has 3 aromatic carbocycles. The molecule has 1 atom stereocenters. The highest BCUT2D eigenvalue weighted by molar-refractivity contribution is 7.18. The quantitative estimate of drug-likeness (QED) is 0.411. The lowest BCUT2D eigenvalue weighted by molar-refractivity contribution is -0.118. The summed E-state index contributed by atoms with van der Waals surface area (Å²) in [5.74, 6) is -0.689. The fourth-order valence-corrected chi connectivity index (χ4v) is 4.03. The third-order valence-corrected chi connectivity index (χ3v) is 5.79. The molecule has 8 heteroatoms. The molecular weight excluding hydrogens is 444 g/mol. The highest BCUT2D eigenvalue weighted by Crippen LogP contribution is 2.28. The molecule has 1 aromatic heterocycles. The van der Waals surface area contributed by atoms with Crippen molar-refractivity contribution >= 4 is 39.9 Å². The largest absolute Gasteiger partial charge is 0.340 e. The summed E-state index contributed by atoms with van der Waals surface area (Å²) in [6.07, 6.45) is 0.338. The average molecular weight is 463 g/mol. The summed E-state index contributed by atoms with van der Waals surface area (Å²) in [6.45, 7) is 0. The number of carbonyl (C=O) groups excluding carboxylic acids is 2. The zero-order valence-corrected chi connectivity index (χ0v) is 18.4. The minimum atomic E-state index is -0.788. The van der Waals surface area contributed by atoms with Crippen LogP contribution < -0.4 is 10.6 Å². The van der Waals surface area contributed by atoms with Crippen molar-refractivity contribution < 1.29 is 9.59 Å². The van der Waals surface area contributed by atoms with Crippen LogP contribution in [0.25, 0.3) is 10.6 Å². The summed E-state index contributed by atoms with van der Waals surface area (Å²) < 4.78 is 0. The van der Waals surface area contributed by atoms with Gasteiger partial charge in [0.1, 0.15) is 11.0 Å². The standard InChI is InChI=1S/C24H19ClN4O2S/c25-19-13-7-12-18(15-19)23-28-29-24(32-23)27-22(31)20(14-16-8-3-1-4-9-16)26-21(30)17-10-5-2-6-11-17/h1-13,15,20H,14H2,(H,26,30)(H,27,29,31). The highest BCUT2D eigenvalue weighted by atomic mass is 35.5. The molecule has 2 amide bonds. The third-order valence-electron chi connectivity index (χ3n) is 4.67. The van der Waals surface area contributed by atoms with Crippen LogP contribution in [0.4, 0.5) is 5.13 Å². The molecule has 0 spiro atoms. The van der Waals surface area contributed by atoms with Crippen LogP contribution in [0.1, 0.15) is 15.9 Å². The second-order valence-corrected chi connectivity index (χ2v) is 8.41. The van der Waals surface area contributed by atoms with Gasteiger partial charge in [-0.25, -0.2) is 0 Å². The summed E-state index contributed by atoms with van der Waals surface area (Å²) in [5, 5.41) is 15.4. The lowest BCUT2D eigenvalue weighted by Crippen LogP contribution is -2.45. The predicted molar refractivity (Wildman–Crippen MR) is 127 cm³/mol. The Morgan fingerprint density at radius 2 is 1.62 bits per heavy atom. The molecule has 0 saturated carbocycles. The molecular formula is C24H19ClN4O2S. The van der Waals surface area contributed by atoms with E-state index in [-0.39, 0.29) is 11.8 Å². The van der Waals surface area contributed by atoms with Crippen LogP contribution in [0.3, 0.4) is 0 Å². The topological polar surface area (TPSA) is 84.0 Å². The Hall–Kier alpha value is -3.55. The number of hydrogen-bond acceptors (Lipinski definition) is 5. The Labute approximate surface area is 194 Å². The first kappa shape index (κ1) is 21.7. The maximum Gasteiger partial charge on any atom is 0.251 e. The van der Waals surface area contributed by atoms with E-state index in [0.29, 0.717) is 27.1 Å². The van der Waals surface area contributed by atoms with Crippen molar-refractivity contribution in [3.8, 4) is 10.6 Å². The first-order chi connectivity index (χ1) is 15.6. The number of nitrogens with one attached hydrogen (secondary N) is 2. The first-order valence-corrected chi connectivity index (χ1v) is 11.1. The summed E-state index contributed by atoms with van der Waals surface area (Å²) >= 11 is 7.29. The van der Waals surface area contributed by atoms with Crippen molar-refractivity contribution in [2.24, 2.45) is 0 Å². The van der Waals surface area contributed by atoms with Crippen LogP contribution in [0.15, 0.2) is 84.9 Å². The zero-order chi connectivity index (χ0) is 22.3. The van der Waals surface area contributed by atoms with E-state index in [1.54, 1.807) is 36.4 Å². The van der Waals surface area contributed by atoms with E-state index >= 15 is 0 Å². The lowest BCUT2D eigenvalue weighted by atomic mass is 10.0. The zero-order valence-electron chi connectivity index (χ0n) is 16.9. The molecule has 6 nitrogen and oxygen atoms in total. The van der Waals surface area contributed by atoms with E-state index in [4.69, 9.17) is 11.6 Å². The molecule has 4 rings (SSSR count).